The van der Waals surface area contributed by atoms with E-state index in [1.807, 2.05) is 50.2 Å². The SMILES string of the molecule is CC(C)C[C@@H](NC(=O)OCC1c2ccccc2-c2ccccc21)C(=O)N1CCOC(C)C1C(=O)O. The third-order valence-corrected chi connectivity index (χ3v) is 6.67. The van der Waals surface area contributed by atoms with Crippen LogP contribution in [-0.2, 0) is 19.1 Å². The van der Waals surface area contributed by atoms with E-state index in [0.29, 0.717) is 6.42 Å². The van der Waals surface area contributed by atoms with E-state index < -0.39 is 36.2 Å². The van der Waals surface area contributed by atoms with Gasteiger partial charge in [-0.15, -0.1) is 0 Å². The Balaban J connectivity index is 1.46. The van der Waals surface area contributed by atoms with Crippen LogP contribution in [0, 0.1) is 5.92 Å². The fraction of sp³-hybridized carbons (Fsp3) is 0.444. The van der Waals surface area contributed by atoms with E-state index in [1.54, 1.807) is 6.92 Å². The number of carboxylic acid groups (broad SMARTS) is 1. The lowest BCUT2D eigenvalue weighted by Crippen LogP contribution is -2.61. The maximum Gasteiger partial charge on any atom is 0.407 e. The number of aliphatic carboxylic acids is 1. The van der Waals surface area contributed by atoms with Gasteiger partial charge in [-0.2, -0.15) is 0 Å². The quantitative estimate of drug-likeness (QED) is 0.627. The molecule has 0 bridgehead atoms. The minimum Gasteiger partial charge on any atom is -0.480 e. The van der Waals surface area contributed by atoms with Gasteiger partial charge >= 0.3 is 12.1 Å². The van der Waals surface area contributed by atoms with Crippen molar-refractivity contribution in [1.82, 2.24) is 10.2 Å². The number of hydrogen-bond donors (Lipinski definition) is 2. The summed E-state index contributed by atoms with van der Waals surface area (Å²) in [5.41, 5.74) is 4.46. The third kappa shape index (κ3) is 5.17. The molecule has 186 valence electrons. The Kier molecular flexibility index (Phi) is 7.40. The molecular weight excluding hydrogens is 448 g/mol. The van der Waals surface area contributed by atoms with Crippen molar-refractivity contribution in [3.63, 3.8) is 0 Å². The van der Waals surface area contributed by atoms with Gasteiger partial charge in [-0.05, 0) is 41.5 Å². The second kappa shape index (κ2) is 10.5. The number of alkyl carbamates (subject to hydrolysis) is 1. The zero-order chi connectivity index (χ0) is 25.1. The number of carboxylic acids is 1. The molecule has 2 N–H and O–H groups in total. The molecule has 2 aromatic rings. The average molecular weight is 481 g/mol. The number of fused-ring (bicyclic) bond motifs is 3. The van der Waals surface area contributed by atoms with Crippen LogP contribution in [0.2, 0.25) is 0 Å². The first-order chi connectivity index (χ1) is 16.8. The first kappa shape index (κ1) is 24.7. The van der Waals surface area contributed by atoms with Gasteiger partial charge in [-0.25, -0.2) is 9.59 Å². The molecule has 1 heterocycles. The Labute approximate surface area is 205 Å². The number of nitrogens with zero attached hydrogens (tertiary/aromatic N) is 1. The number of amides is 2. The third-order valence-electron chi connectivity index (χ3n) is 6.67. The Bertz CT molecular complexity index is 1060. The fourth-order valence-corrected chi connectivity index (χ4v) is 5.08. The maximum atomic E-state index is 13.4. The van der Waals surface area contributed by atoms with Crippen LogP contribution in [-0.4, -0.2) is 65.9 Å². The van der Waals surface area contributed by atoms with Crippen molar-refractivity contribution in [2.45, 2.75) is 51.3 Å². The van der Waals surface area contributed by atoms with Gasteiger partial charge in [0.05, 0.1) is 12.7 Å². The number of rotatable bonds is 7. The van der Waals surface area contributed by atoms with Crippen LogP contribution < -0.4 is 5.32 Å². The summed E-state index contributed by atoms with van der Waals surface area (Å²) >= 11 is 0. The van der Waals surface area contributed by atoms with Crippen molar-refractivity contribution >= 4 is 18.0 Å². The van der Waals surface area contributed by atoms with E-state index in [9.17, 15) is 19.5 Å². The number of hydrogen-bond acceptors (Lipinski definition) is 5. The molecule has 0 radical (unpaired) electrons. The van der Waals surface area contributed by atoms with Crippen LogP contribution in [0.3, 0.4) is 0 Å². The van der Waals surface area contributed by atoms with E-state index in [2.05, 4.69) is 17.4 Å². The average Bonchev–Trinajstić information content (AvgIpc) is 3.15. The topological polar surface area (TPSA) is 105 Å². The highest BCUT2D eigenvalue weighted by atomic mass is 16.5. The Morgan fingerprint density at radius 2 is 1.69 bits per heavy atom. The number of carbonyl (C=O) groups is 3. The van der Waals surface area contributed by atoms with Crippen molar-refractivity contribution < 1.29 is 29.0 Å². The summed E-state index contributed by atoms with van der Waals surface area (Å²) in [6, 6.07) is 14.1. The molecule has 1 saturated heterocycles. The second-order valence-electron chi connectivity index (χ2n) is 9.54. The zero-order valence-corrected chi connectivity index (χ0v) is 20.3. The molecule has 0 saturated carbocycles. The monoisotopic (exact) mass is 480 g/mol. The van der Waals surface area contributed by atoms with Crippen LogP contribution in [0.25, 0.3) is 11.1 Å². The molecular formula is C27H32N2O6. The second-order valence-corrected chi connectivity index (χ2v) is 9.54. The van der Waals surface area contributed by atoms with E-state index in [4.69, 9.17) is 9.47 Å². The largest absolute Gasteiger partial charge is 0.480 e. The molecule has 2 unspecified atom stereocenters. The Morgan fingerprint density at radius 1 is 1.09 bits per heavy atom. The molecule has 4 rings (SSSR count). The fourth-order valence-electron chi connectivity index (χ4n) is 5.08. The highest BCUT2D eigenvalue weighted by molar-refractivity contribution is 5.90. The highest BCUT2D eigenvalue weighted by Gasteiger charge is 2.41. The van der Waals surface area contributed by atoms with E-state index in [0.717, 1.165) is 22.3 Å². The summed E-state index contributed by atoms with van der Waals surface area (Å²) in [5.74, 6) is -1.56. The van der Waals surface area contributed by atoms with Crippen LogP contribution in [0.1, 0.15) is 44.2 Å². The number of ether oxygens (including phenoxy) is 2. The molecule has 8 heteroatoms. The molecule has 1 aliphatic heterocycles. The molecule has 8 nitrogen and oxygen atoms in total. The van der Waals surface area contributed by atoms with Crippen molar-refractivity contribution in [1.29, 1.82) is 0 Å². The summed E-state index contributed by atoms with van der Waals surface area (Å²) in [4.78, 5) is 39.3. The predicted octanol–water partition coefficient (Wildman–Crippen LogP) is 3.64. The van der Waals surface area contributed by atoms with Crippen molar-refractivity contribution in [3.8, 4) is 11.1 Å². The predicted molar refractivity (Wildman–Crippen MR) is 130 cm³/mol. The molecule has 2 aromatic carbocycles. The smallest absolute Gasteiger partial charge is 0.407 e. The first-order valence-corrected chi connectivity index (χ1v) is 12.0. The lowest BCUT2D eigenvalue weighted by atomic mass is 9.98. The van der Waals surface area contributed by atoms with Crippen molar-refractivity contribution in [2.24, 2.45) is 5.92 Å². The van der Waals surface area contributed by atoms with Crippen LogP contribution in [0.4, 0.5) is 4.79 Å². The summed E-state index contributed by atoms with van der Waals surface area (Å²) in [6.45, 7) is 6.05. The number of nitrogens with one attached hydrogen (secondary N) is 1. The van der Waals surface area contributed by atoms with E-state index in [1.165, 1.54) is 4.90 Å². The molecule has 1 fully saturated rings. The molecule has 3 atom stereocenters. The molecule has 0 spiro atoms. The molecule has 35 heavy (non-hydrogen) atoms. The maximum absolute atomic E-state index is 13.4. The van der Waals surface area contributed by atoms with Crippen molar-refractivity contribution in [3.05, 3.63) is 59.7 Å². The summed E-state index contributed by atoms with van der Waals surface area (Å²) in [7, 11) is 0. The van der Waals surface area contributed by atoms with Crippen LogP contribution in [0.15, 0.2) is 48.5 Å². The lowest BCUT2D eigenvalue weighted by molar-refractivity contribution is -0.165. The van der Waals surface area contributed by atoms with Gasteiger partial charge in [0.2, 0.25) is 5.91 Å². The number of morpholine rings is 1. The summed E-state index contributed by atoms with van der Waals surface area (Å²) in [6.07, 6.45) is -0.973. The van der Waals surface area contributed by atoms with Crippen LogP contribution in [0.5, 0.6) is 0 Å². The lowest BCUT2D eigenvalue weighted by Gasteiger charge is -2.39. The van der Waals surface area contributed by atoms with E-state index >= 15 is 0 Å². The van der Waals surface area contributed by atoms with E-state index in [-0.39, 0.29) is 31.6 Å². The van der Waals surface area contributed by atoms with Gasteiger partial charge in [-0.1, -0.05) is 62.4 Å². The number of carbonyl (C=O) groups excluding carboxylic acids is 2. The van der Waals surface area contributed by atoms with Gasteiger partial charge in [0.1, 0.15) is 12.6 Å². The van der Waals surface area contributed by atoms with Gasteiger partial charge in [0.25, 0.3) is 0 Å². The summed E-state index contributed by atoms with van der Waals surface area (Å²) in [5, 5.41) is 12.4. The normalized spacial score (nSPS) is 20.2. The van der Waals surface area contributed by atoms with Gasteiger partial charge in [0.15, 0.2) is 6.04 Å². The molecule has 2 amide bonds. The minimum atomic E-state index is -1.13. The van der Waals surface area contributed by atoms with Gasteiger partial charge < -0.3 is 24.8 Å². The Morgan fingerprint density at radius 3 is 2.26 bits per heavy atom. The molecule has 2 aliphatic rings. The molecule has 0 aromatic heterocycles. The standard InChI is InChI=1S/C27H32N2O6/c1-16(2)14-23(25(30)29-12-13-34-17(3)24(29)26(31)32)28-27(33)35-15-22-20-10-6-4-8-18(20)19-9-5-7-11-21(19)22/h4-11,16-17,22-24H,12-15H2,1-3H3,(H,28,33)(H,31,32)/t17?,23-,24?/m1/s1. The van der Waals surface area contributed by atoms with Crippen LogP contribution >= 0.6 is 0 Å². The zero-order valence-electron chi connectivity index (χ0n) is 20.3. The molecule has 1 aliphatic carbocycles. The van der Waals surface area contributed by atoms with Crippen molar-refractivity contribution in [2.75, 3.05) is 19.8 Å². The number of benzene rings is 2. The summed E-state index contributed by atoms with van der Waals surface area (Å²) < 4.78 is 11.1. The van der Waals surface area contributed by atoms with Gasteiger partial charge in [-0.3, -0.25) is 4.79 Å². The minimum absolute atomic E-state index is 0.0936. The Hall–Kier alpha value is -3.39. The highest BCUT2D eigenvalue weighted by Crippen LogP contribution is 2.44. The van der Waals surface area contributed by atoms with Gasteiger partial charge in [0, 0.05) is 12.5 Å². The first-order valence-electron chi connectivity index (χ1n) is 12.0.